The van der Waals surface area contributed by atoms with Gasteiger partial charge in [0.2, 0.25) is 10.0 Å². The third-order valence-electron chi connectivity index (χ3n) is 3.67. The molecule has 1 aliphatic rings. The molecule has 0 aliphatic carbocycles. The molecular formula is C15H24N2O2S. The Kier molecular flexibility index (Phi) is 5.57. The van der Waals surface area contributed by atoms with E-state index in [1.807, 2.05) is 37.3 Å². The van der Waals surface area contributed by atoms with Crippen molar-refractivity contribution in [3.05, 3.63) is 35.9 Å². The highest BCUT2D eigenvalue weighted by atomic mass is 32.2. The topological polar surface area (TPSA) is 49.4 Å². The summed E-state index contributed by atoms with van der Waals surface area (Å²) in [6, 6.07) is 9.54. The van der Waals surface area contributed by atoms with Crippen LogP contribution in [0.3, 0.4) is 0 Å². The molecule has 1 atom stereocenters. The van der Waals surface area contributed by atoms with Gasteiger partial charge in [-0.3, -0.25) is 0 Å². The van der Waals surface area contributed by atoms with Gasteiger partial charge in [0.15, 0.2) is 0 Å². The van der Waals surface area contributed by atoms with Crippen LogP contribution in [0.15, 0.2) is 30.3 Å². The number of piperidine rings is 1. The first kappa shape index (κ1) is 15.5. The molecule has 0 saturated carbocycles. The molecule has 0 aromatic heterocycles. The van der Waals surface area contributed by atoms with E-state index in [1.54, 1.807) is 4.31 Å². The van der Waals surface area contributed by atoms with E-state index in [0.717, 1.165) is 37.9 Å². The Morgan fingerprint density at radius 1 is 1.30 bits per heavy atom. The zero-order valence-corrected chi connectivity index (χ0v) is 12.9. The molecule has 1 aromatic rings. The molecule has 1 aromatic carbocycles. The standard InChI is InChI=1S/C15H24N2O2S/c1-2-11-17(15-9-6-10-16-12-15)20(18,19)13-14-7-4-3-5-8-14/h3-5,7-8,15-16H,2,6,9-13H2,1H3. The van der Waals surface area contributed by atoms with Crippen LogP contribution in [-0.2, 0) is 15.8 Å². The lowest BCUT2D eigenvalue weighted by Crippen LogP contribution is -2.49. The number of hydrogen-bond acceptors (Lipinski definition) is 3. The number of benzene rings is 1. The molecular weight excluding hydrogens is 272 g/mol. The van der Waals surface area contributed by atoms with Crippen LogP contribution >= 0.6 is 0 Å². The summed E-state index contributed by atoms with van der Waals surface area (Å²) in [7, 11) is -3.24. The van der Waals surface area contributed by atoms with Crippen LogP contribution < -0.4 is 5.32 Å². The molecule has 1 heterocycles. The Labute approximate surface area is 122 Å². The van der Waals surface area contributed by atoms with Gasteiger partial charge in [-0.1, -0.05) is 37.3 Å². The molecule has 0 spiro atoms. The normalized spacial score (nSPS) is 20.2. The molecule has 5 heteroatoms. The first-order valence-electron chi connectivity index (χ1n) is 7.37. The van der Waals surface area contributed by atoms with E-state index in [1.165, 1.54) is 0 Å². The number of sulfonamides is 1. The summed E-state index contributed by atoms with van der Waals surface area (Å²) in [5.74, 6) is 0.102. The second-order valence-electron chi connectivity index (χ2n) is 5.35. The van der Waals surface area contributed by atoms with Gasteiger partial charge in [0.1, 0.15) is 0 Å². The second kappa shape index (κ2) is 7.20. The lowest BCUT2D eigenvalue weighted by Gasteiger charge is -2.33. The Morgan fingerprint density at radius 2 is 2.05 bits per heavy atom. The summed E-state index contributed by atoms with van der Waals surface area (Å²) in [6.45, 7) is 4.41. The van der Waals surface area contributed by atoms with Crippen LogP contribution in [0.25, 0.3) is 0 Å². The van der Waals surface area contributed by atoms with Gasteiger partial charge in [0.25, 0.3) is 0 Å². The Hall–Kier alpha value is -0.910. The summed E-state index contributed by atoms with van der Waals surface area (Å²) >= 11 is 0. The van der Waals surface area contributed by atoms with Gasteiger partial charge in [0, 0.05) is 19.1 Å². The van der Waals surface area contributed by atoms with Crippen molar-refractivity contribution in [2.24, 2.45) is 0 Å². The van der Waals surface area contributed by atoms with E-state index in [4.69, 9.17) is 0 Å². The number of rotatable bonds is 6. The van der Waals surface area contributed by atoms with Crippen molar-refractivity contribution in [1.82, 2.24) is 9.62 Å². The zero-order valence-electron chi connectivity index (χ0n) is 12.1. The van der Waals surface area contributed by atoms with Gasteiger partial charge < -0.3 is 5.32 Å². The lowest BCUT2D eigenvalue weighted by atomic mass is 10.1. The van der Waals surface area contributed by atoms with Gasteiger partial charge >= 0.3 is 0 Å². The van der Waals surface area contributed by atoms with Crippen LogP contribution in [-0.4, -0.2) is 38.4 Å². The minimum atomic E-state index is -3.24. The fraction of sp³-hybridized carbons (Fsp3) is 0.600. The lowest BCUT2D eigenvalue weighted by molar-refractivity contribution is 0.265. The maximum absolute atomic E-state index is 12.7. The van der Waals surface area contributed by atoms with Crippen molar-refractivity contribution >= 4 is 10.0 Å². The number of hydrogen-bond donors (Lipinski definition) is 1. The van der Waals surface area contributed by atoms with Crippen molar-refractivity contribution in [1.29, 1.82) is 0 Å². The van der Waals surface area contributed by atoms with Crippen molar-refractivity contribution in [3.8, 4) is 0 Å². The molecule has 1 fully saturated rings. The molecule has 1 N–H and O–H groups in total. The van der Waals surface area contributed by atoms with Crippen LogP contribution in [0.4, 0.5) is 0 Å². The van der Waals surface area contributed by atoms with E-state index in [9.17, 15) is 8.42 Å². The minimum Gasteiger partial charge on any atom is -0.315 e. The molecule has 1 aliphatic heterocycles. The zero-order chi connectivity index (χ0) is 14.4. The van der Waals surface area contributed by atoms with Crippen LogP contribution in [0.2, 0.25) is 0 Å². The molecule has 4 nitrogen and oxygen atoms in total. The molecule has 0 radical (unpaired) electrons. The van der Waals surface area contributed by atoms with E-state index >= 15 is 0 Å². The van der Waals surface area contributed by atoms with E-state index in [-0.39, 0.29) is 11.8 Å². The minimum absolute atomic E-state index is 0.102. The maximum atomic E-state index is 12.7. The van der Waals surface area contributed by atoms with Crippen LogP contribution in [0, 0.1) is 0 Å². The van der Waals surface area contributed by atoms with Crippen molar-refractivity contribution in [2.45, 2.75) is 38.0 Å². The Balaban J connectivity index is 2.13. The summed E-state index contributed by atoms with van der Waals surface area (Å²) in [5, 5.41) is 3.30. The van der Waals surface area contributed by atoms with Crippen molar-refractivity contribution in [2.75, 3.05) is 19.6 Å². The van der Waals surface area contributed by atoms with Gasteiger partial charge in [0.05, 0.1) is 5.75 Å². The van der Waals surface area contributed by atoms with E-state index in [2.05, 4.69) is 5.32 Å². The average Bonchev–Trinajstić information content (AvgIpc) is 2.46. The fourth-order valence-corrected chi connectivity index (χ4v) is 4.59. The van der Waals surface area contributed by atoms with Crippen LogP contribution in [0.5, 0.6) is 0 Å². The predicted molar refractivity (Wildman–Crippen MR) is 82.0 cm³/mol. The number of nitrogens with one attached hydrogen (secondary N) is 1. The van der Waals surface area contributed by atoms with Gasteiger partial charge in [-0.2, -0.15) is 4.31 Å². The largest absolute Gasteiger partial charge is 0.315 e. The van der Waals surface area contributed by atoms with Gasteiger partial charge in [-0.25, -0.2) is 8.42 Å². The highest BCUT2D eigenvalue weighted by Gasteiger charge is 2.30. The third-order valence-corrected chi connectivity index (χ3v) is 5.56. The Morgan fingerprint density at radius 3 is 2.65 bits per heavy atom. The SMILES string of the molecule is CCCN(C1CCCNC1)S(=O)(=O)Cc1ccccc1. The smallest absolute Gasteiger partial charge is 0.218 e. The van der Waals surface area contributed by atoms with Gasteiger partial charge in [-0.15, -0.1) is 0 Å². The summed E-state index contributed by atoms with van der Waals surface area (Å²) in [5.41, 5.74) is 0.859. The van der Waals surface area contributed by atoms with Crippen molar-refractivity contribution in [3.63, 3.8) is 0 Å². The quantitative estimate of drug-likeness (QED) is 0.873. The van der Waals surface area contributed by atoms with Gasteiger partial charge in [-0.05, 0) is 31.4 Å². The molecule has 20 heavy (non-hydrogen) atoms. The first-order chi connectivity index (χ1) is 9.63. The third kappa shape index (κ3) is 4.04. The van der Waals surface area contributed by atoms with Crippen LogP contribution in [0.1, 0.15) is 31.7 Å². The fourth-order valence-electron chi connectivity index (χ4n) is 2.72. The second-order valence-corrected chi connectivity index (χ2v) is 7.27. The molecule has 1 saturated heterocycles. The number of nitrogens with zero attached hydrogens (tertiary/aromatic N) is 1. The average molecular weight is 296 g/mol. The molecule has 0 bridgehead atoms. The summed E-state index contributed by atoms with van der Waals surface area (Å²) < 4.78 is 27.1. The molecule has 0 amide bonds. The highest BCUT2D eigenvalue weighted by molar-refractivity contribution is 7.88. The van der Waals surface area contributed by atoms with Crippen molar-refractivity contribution < 1.29 is 8.42 Å². The maximum Gasteiger partial charge on any atom is 0.218 e. The highest BCUT2D eigenvalue weighted by Crippen LogP contribution is 2.18. The molecule has 2 rings (SSSR count). The predicted octanol–water partition coefficient (Wildman–Crippen LogP) is 1.98. The Bertz CT molecular complexity index is 496. The molecule has 112 valence electrons. The summed E-state index contributed by atoms with van der Waals surface area (Å²) in [4.78, 5) is 0. The molecule has 1 unspecified atom stereocenters. The van der Waals surface area contributed by atoms with E-state index in [0.29, 0.717) is 6.54 Å². The monoisotopic (exact) mass is 296 g/mol. The van der Waals surface area contributed by atoms with E-state index < -0.39 is 10.0 Å². The first-order valence-corrected chi connectivity index (χ1v) is 8.98. The summed E-state index contributed by atoms with van der Waals surface area (Å²) in [6.07, 6.45) is 2.86.